The van der Waals surface area contributed by atoms with E-state index in [0.29, 0.717) is 40.3 Å². The number of allylic oxidation sites excluding steroid dienone is 3. The van der Waals surface area contributed by atoms with E-state index in [2.05, 4.69) is 399 Å². The Hall–Kier alpha value is 1.72. The third-order valence-electron chi connectivity index (χ3n) is 11.4. The van der Waals surface area contributed by atoms with Crippen LogP contribution in [0.5, 0.6) is 0 Å². The van der Waals surface area contributed by atoms with Gasteiger partial charge in [0.05, 0.1) is 19.8 Å². The molecule has 0 bridgehead atoms. The van der Waals surface area contributed by atoms with E-state index in [9.17, 15) is 0 Å². The van der Waals surface area contributed by atoms with Gasteiger partial charge >= 0.3 is 64.9 Å². The number of aliphatic hydroxyl groups excluding tert-OH is 1. The van der Waals surface area contributed by atoms with Gasteiger partial charge in [-0.1, -0.05) is 345 Å². The number of aliphatic hydroxyl groups is 1. The van der Waals surface area contributed by atoms with E-state index >= 15 is 0 Å². The molecule has 4 aromatic rings. The first-order valence-corrected chi connectivity index (χ1v) is 47.5. The molecule has 4 rings (SSSR count). The van der Waals surface area contributed by atoms with Crippen LogP contribution >= 0.6 is 145 Å². The third kappa shape index (κ3) is 65.0. The summed E-state index contributed by atoms with van der Waals surface area (Å²) < 4.78 is 5.32. The van der Waals surface area contributed by atoms with Crippen LogP contribution in [0.4, 0.5) is 0 Å². The maximum atomic E-state index is 8.68. The molecule has 0 fully saturated rings. The second-order valence-corrected chi connectivity index (χ2v) is 65.1. The molecular weight excluding hydrogens is 1800 g/mol. The zero-order valence-corrected chi connectivity index (χ0v) is 73.3. The summed E-state index contributed by atoms with van der Waals surface area (Å²) in [5, 5.41) is 9.62. The molecule has 0 atom stereocenters. The number of benzene rings is 4. The van der Waals surface area contributed by atoms with Crippen LogP contribution in [-0.4, -0.2) is 28.2 Å². The predicted molar refractivity (Wildman–Crippen MR) is 438 cm³/mol. The van der Waals surface area contributed by atoms with Crippen molar-refractivity contribution in [3.8, 4) is 0 Å². The van der Waals surface area contributed by atoms with Crippen LogP contribution in [0.1, 0.15) is 238 Å². The molecule has 0 amide bonds. The number of aryl methyl sites for hydroxylation is 2. The van der Waals surface area contributed by atoms with Crippen LogP contribution in [0.2, 0.25) is 0 Å². The molecule has 0 aliphatic carbocycles. The number of hydrogen-bond donors (Lipinski definition) is 1. The molecule has 484 valence electrons. The first-order valence-electron chi connectivity index (χ1n) is 28.5. The van der Waals surface area contributed by atoms with Gasteiger partial charge in [-0.3, -0.25) is 0 Å². The summed E-state index contributed by atoms with van der Waals surface area (Å²) in [6.07, 6.45) is 6.97. The first-order chi connectivity index (χ1) is 36.7. The molecule has 0 aliphatic heterocycles. The van der Waals surface area contributed by atoms with Gasteiger partial charge in [0.25, 0.3) is 0 Å². The minimum absolute atomic E-state index is 0. The van der Waals surface area contributed by atoms with Crippen molar-refractivity contribution in [1.82, 2.24) is 0 Å². The van der Waals surface area contributed by atoms with Gasteiger partial charge in [-0.25, -0.2) is 0 Å². The molecule has 0 aliphatic rings. The molecule has 0 heterocycles. The van der Waals surface area contributed by atoms with Gasteiger partial charge in [0.15, 0.2) is 0 Å². The Labute approximate surface area is 608 Å². The van der Waals surface area contributed by atoms with Crippen molar-refractivity contribution in [3.63, 3.8) is 0 Å². The van der Waals surface area contributed by atoms with Gasteiger partial charge < -0.3 is 9.84 Å². The van der Waals surface area contributed by atoms with Crippen LogP contribution in [0, 0.1) is 40.9 Å². The van der Waals surface area contributed by atoms with Gasteiger partial charge in [-0.2, -0.15) is 0 Å². The number of alkyl halides is 3. The molecule has 1 N–H and O–H groups in total. The second-order valence-electron chi connectivity index (χ2n) is 29.2. The quantitative estimate of drug-likeness (QED) is 0.0663. The van der Waals surface area contributed by atoms with Gasteiger partial charge in [0.2, 0.25) is 0 Å². The molecule has 0 aromatic heterocycles. The van der Waals surface area contributed by atoms with Crippen molar-refractivity contribution in [2.45, 2.75) is 241 Å². The summed E-state index contributed by atoms with van der Waals surface area (Å²) in [4.78, 5) is 3.66. The summed E-state index contributed by atoms with van der Waals surface area (Å²) in [5.41, 5.74) is 14.7. The Kier molecular flexibility index (Phi) is 59.6. The zero-order chi connectivity index (χ0) is 64.9. The molecule has 83 heavy (non-hydrogen) atoms. The fourth-order valence-corrected chi connectivity index (χ4v) is 10.3. The van der Waals surface area contributed by atoms with Crippen LogP contribution in [-0.2, 0) is 37.8 Å². The monoisotopic (exact) mass is 1930 g/mol. The normalized spacial score (nSPS) is 11.2. The van der Waals surface area contributed by atoms with Crippen LogP contribution in [0.3, 0.4) is 0 Å². The molecule has 2 nitrogen and oxygen atoms in total. The average molecular weight is 1930 g/mol. The Morgan fingerprint density at radius 2 is 0.795 bits per heavy atom. The van der Waals surface area contributed by atoms with Crippen molar-refractivity contribution in [1.29, 1.82) is 0 Å². The van der Waals surface area contributed by atoms with E-state index in [4.69, 9.17) is 9.84 Å². The van der Waals surface area contributed by atoms with Crippen molar-refractivity contribution in [2.75, 3.05) is 23.1 Å². The summed E-state index contributed by atoms with van der Waals surface area (Å²) in [6.45, 7) is 63.4. The topological polar surface area (TPSA) is 29.5 Å². The molecule has 0 saturated carbocycles. The van der Waals surface area contributed by atoms with E-state index < -0.39 is 0 Å². The Morgan fingerprint density at radius 3 is 0.988 bits per heavy atom. The van der Waals surface area contributed by atoms with Crippen LogP contribution in [0.15, 0.2) is 127 Å². The summed E-state index contributed by atoms with van der Waals surface area (Å²) in [6, 6.07) is 36.8. The second kappa shape index (κ2) is 50.3. The number of ether oxygens (including phenoxy) is 1. The van der Waals surface area contributed by atoms with Crippen LogP contribution in [0.25, 0.3) is 0 Å². The molecule has 4 aromatic carbocycles. The third-order valence-corrected chi connectivity index (χ3v) is 12.0. The van der Waals surface area contributed by atoms with Crippen LogP contribution < -0.4 is 0 Å². The van der Waals surface area contributed by atoms with Crippen molar-refractivity contribution in [2.24, 2.45) is 27.1 Å². The molecule has 0 saturated heterocycles. The number of hydrogen-bond acceptors (Lipinski definition) is 2. The van der Waals surface area contributed by atoms with E-state index in [-0.39, 0.29) is 59.2 Å². The van der Waals surface area contributed by atoms with E-state index in [1.54, 1.807) is 0 Å². The predicted octanol–water partition coefficient (Wildman–Crippen LogP) is 27.9. The molecular formula is C73H126BrI6O2V. The Morgan fingerprint density at radius 1 is 0.506 bits per heavy atom. The first kappa shape index (κ1) is 98.3. The molecule has 0 radical (unpaired) electrons. The number of rotatable bonds is 12. The summed E-state index contributed by atoms with van der Waals surface area (Å²) in [5.74, 6) is 0. The van der Waals surface area contributed by atoms with Gasteiger partial charge in [-0.05, 0) is 141 Å². The molecule has 0 unspecified atom stereocenters. The fraction of sp³-hybridized carbons (Fsp3) is 0.616. The standard InChI is InChI=1S/C17H28O2.C15H23Br.C15H24.2C8H16.C7H8.2CH3I.CH4.4HI.V/c1-16(2,3)13-17(4,5)15-8-6-14(7-9-15)12-19-11-10-18;1-14(2,3)11-15(4,5)13-8-6-12(10-16)7-9-13;1-12-7-9-13(10-8-12)15(5,6)11-14(2,3)4;2*1-7(2)6-8(3,4)5;1-7-5-3-2-4-6-7;2*1-2;;;;;;/h6-9,18H,10-13H2,1-5H3;6-9H,10-11H2,1-5H3;7-10H,11H2,1-6H3;6H,1-5H3;1,6H2,2-5H3;2-6H,1H3;2*1H3;1H4;4*1H;/q;;;;;;;;;;;;;+3/p-3. The zero-order valence-electron chi connectivity index (χ0n) is 57.2. The molecule has 10 heteroatoms. The SMILES string of the molecule is C.C=C(C)CC(C)(C)C.CC(C)(C)CC(C)(C)c1ccc(CBr)cc1.CC(C)(C)CC(C)(C)c1ccc(COCCO)cc1.CC(C)=CC(C)(C)C.CI.CI.Cc1ccc(C(C)(C)CC(C)(C)C)cc1.Cc1ccccc1.I.[I][V]([I])[I]. The van der Waals surface area contributed by atoms with Crippen molar-refractivity contribution in [3.05, 3.63) is 166 Å². The van der Waals surface area contributed by atoms with Gasteiger partial charge in [-0.15, -0.1) is 30.6 Å². The Bertz CT molecular complexity index is 2160. The van der Waals surface area contributed by atoms with E-state index in [1.807, 2.05) is 28.1 Å². The van der Waals surface area contributed by atoms with Gasteiger partial charge in [0, 0.05) is 5.33 Å². The Balaban J connectivity index is -0.000000167. The fourth-order valence-electron chi connectivity index (χ4n) is 9.95. The minimum atomic E-state index is -0.278. The summed E-state index contributed by atoms with van der Waals surface area (Å²) in [7, 11) is 0. The average Bonchev–Trinajstić information content (AvgIpc) is 3.28. The van der Waals surface area contributed by atoms with Gasteiger partial charge in [0.1, 0.15) is 0 Å². The van der Waals surface area contributed by atoms with Crippen molar-refractivity contribution < 1.29 is 14.8 Å². The summed E-state index contributed by atoms with van der Waals surface area (Å²) >= 11 is 15.2. The van der Waals surface area contributed by atoms with Crippen molar-refractivity contribution >= 4 is 145 Å². The van der Waals surface area contributed by atoms with E-state index in [1.165, 1.54) is 57.4 Å². The maximum absolute atomic E-state index is 8.68. The molecule has 0 spiro atoms. The number of halogens is 7. The van der Waals surface area contributed by atoms with E-state index in [0.717, 1.165) is 23.7 Å².